The van der Waals surface area contributed by atoms with Crippen molar-refractivity contribution in [1.82, 2.24) is 4.90 Å². The molecule has 0 aliphatic heterocycles. The first-order chi connectivity index (χ1) is 8.96. The summed E-state index contributed by atoms with van der Waals surface area (Å²) < 4.78 is 0. The maximum Gasteiger partial charge on any atom is 0.271 e. The molecule has 0 atom stereocenters. The molecule has 6 heteroatoms. The fourth-order valence-electron chi connectivity index (χ4n) is 1.85. The Morgan fingerprint density at radius 1 is 1.32 bits per heavy atom. The molecule has 0 saturated carbocycles. The quantitative estimate of drug-likeness (QED) is 0.633. The molecular formula is C13H19N3O3. The average Bonchev–Trinajstić information content (AvgIpc) is 2.34. The number of carbonyl (C=O) groups is 1. The van der Waals surface area contributed by atoms with Crippen molar-refractivity contribution in [2.75, 3.05) is 18.4 Å². The van der Waals surface area contributed by atoms with Gasteiger partial charge in [-0.1, -0.05) is 13.8 Å². The molecular weight excluding hydrogens is 246 g/mol. The Kier molecular flexibility index (Phi) is 5.44. The van der Waals surface area contributed by atoms with Crippen molar-refractivity contribution in [3.63, 3.8) is 0 Å². The lowest BCUT2D eigenvalue weighted by atomic mass is 10.1. The SMILES string of the molecule is CCN(CC)Cc1cc(NC(C)=O)cc([N+](=O)[O-])c1. The molecule has 0 saturated heterocycles. The van der Waals surface area contributed by atoms with Crippen LogP contribution in [-0.4, -0.2) is 28.8 Å². The van der Waals surface area contributed by atoms with Gasteiger partial charge < -0.3 is 5.32 Å². The van der Waals surface area contributed by atoms with Crippen molar-refractivity contribution in [2.24, 2.45) is 0 Å². The number of anilines is 1. The number of nitro benzene ring substituents is 1. The van der Waals surface area contributed by atoms with E-state index in [4.69, 9.17) is 0 Å². The third kappa shape index (κ3) is 4.67. The molecule has 0 fully saturated rings. The fraction of sp³-hybridized carbons (Fsp3) is 0.462. The minimum atomic E-state index is -0.447. The van der Waals surface area contributed by atoms with Gasteiger partial charge in [-0.25, -0.2) is 0 Å². The van der Waals surface area contributed by atoms with E-state index in [-0.39, 0.29) is 11.6 Å². The number of carbonyl (C=O) groups excluding carboxylic acids is 1. The van der Waals surface area contributed by atoms with Gasteiger partial charge in [0.05, 0.1) is 4.92 Å². The van der Waals surface area contributed by atoms with Crippen LogP contribution in [0.25, 0.3) is 0 Å². The smallest absolute Gasteiger partial charge is 0.271 e. The first-order valence-electron chi connectivity index (χ1n) is 6.24. The van der Waals surface area contributed by atoms with Gasteiger partial charge in [0.1, 0.15) is 0 Å². The Morgan fingerprint density at radius 2 is 1.95 bits per heavy atom. The van der Waals surface area contributed by atoms with Crippen molar-refractivity contribution in [1.29, 1.82) is 0 Å². The Morgan fingerprint density at radius 3 is 2.42 bits per heavy atom. The maximum absolute atomic E-state index is 11.0. The van der Waals surface area contributed by atoms with Crippen LogP contribution in [0.1, 0.15) is 26.3 Å². The second-order valence-electron chi connectivity index (χ2n) is 4.29. The highest BCUT2D eigenvalue weighted by Gasteiger charge is 2.12. The van der Waals surface area contributed by atoms with Crippen LogP contribution in [-0.2, 0) is 11.3 Å². The lowest BCUT2D eigenvalue weighted by Crippen LogP contribution is -2.22. The third-order valence-corrected chi connectivity index (χ3v) is 2.81. The van der Waals surface area contributed by atoms with Crippen LogP contribution in [0.15, 0.2) is 18.2 Å². The van der Waals surface area contributed by atoms with Gasteiger partial charge in [0.15, 0.2) is 0 Å². The number of hydrogen-bond donors (Lipinski definition) is 1. The fourth-order valence-corrected chi connectivity index (χ4v) is 1.85. The highest BCUT2D eigenvalue weighted by Crippen LogP contribution is 2.22. The molecule has 1 N–H and O–H groups in total. The monoisotopic (exact) mass is 265 g/mol. The third-order valence-electron chi connectivity index (χ3n) is 2.81. The first-order valence-corrected chi connectivity index (χ1v) is 6.24. The van der Waals surface area contributed by atoms with Gasteiger partial charge in [-0.2, -0.15) is 0 Å². The summed E-state index contributed by atoms with van der Waals surface area (Å²) in [6, 6.07) is 4.68. The van der Waals surface area contributed by atoms with Gasteiger partial charge in [0, 0.05) is 31.3 Å². The second-order valence-corrected chi connectivity index (χ2v) is 4.29. The predicted octanol–water partition coefficient (Wildman–Crippen LogP) is 2.40. The molecule has 1 aromatic rings. The summed E-state index contributed by atoms with van der Waals surface area (Å²) in [5.41, 5.74) is 1.28. The Bertz CT molecular complexity index is 470. The molecule has 0 aromatic heterocycles. The number of hydrogen-bond acceptors (Lipinski definition) is 4. The van der Waals surface area contributed by atoms with Crippen LogP contribution in [0.2, 0.25) is 0 Å². The van der Waals surface area contributed by atoms with Crippen LogP contribution in [0, 0.1) is 10.1 Å². The zero-order chi connectivity index (χ0) is 14.4. The molecule has 1 aromatic carbocycles. The molecule has 0 bridgehead atoms. The summed E-state index contributed by atoms with van der Waals surface area (Å²) in [5, 5.41) is 13.5. The molecule has 0 unspecified atom stereocenters. The second kappa shape index (κ2) is 6.84. The Hall–Kier alpha value is -1.95. The van der Waals surface area contributed by atoms with E-state index in [1.165, 1.54) is 13.0 Å². The standard InChI is InChI=1S/C13H19N3O3/c1-4-15(5-2)9-11-6-12(14-10(3)17)8-13(7-11)16(18)19/h6-8H,4-5,9H2,1-3H3,(H,14,17). The molecule has 1 rings (SSSR count). The maximum atomic E-state index is 11.0. The number of rotatable bonds is 6. The van der Waals surface area contributed by atoms with Gasteiger partial charge in [-0.15, -0.1) is 0 Å². The summed E-state index contributed by atoms with van der Waals surface area (Å²) in [4.78, 5) is 23.6. The molecule has 0 radical (unpaired) electrons. The molecule has 1 amide bonds. The summed E-state index contributed by atoms with van der Waals surface area (Å²) in [6.45, 7) is 7.82. The highest BCUT2D eigenvalue weighted by molar-refractivity contribution is 5.89. The Labute approximate surface area is 112 Å². The van der Waals surface area contributed by atoms with E-state index in [9.17, 15) is 14.9 Å². The number of nitro groups is 1. The zero-order valence-electron chi connectivity index (χ0n) is 11.5. The zero-order valence-corrected chi connectivity index (χ0v) is 11.5. The number of nitrogens with one attached hydrogen (secondary N) is 1. The number of benzene rings is 1. The van der Waals surface area contributed by atoms with E-state index in [1.54, 1.807) is 12.1 Å². The van der Waals surface area contributed by atoms with Crippen LogP contribution in [0.4, 0.5) is 11.4 Å². The van der Waals surface area contributed by atoms with E-state index in [0.29, 0.717) is 12.2 Å². The molecule has 19 heavy (non-hydrogen) atoms. The molecule has 104 valence electrons. The lowest BCUT2D eigenvalue weighted by Gasteiger charge is -2.18. The Balaban J connectivity index is 3.05. The molecule has 0 aliphatic rings. The van der Waals surface area contributed by atoms with Crippen LogP contribution in [0.5, 0.6) is 0 Å². The highest BCUT2D eigenvalue weighted by atomic mass is 16.6. The average molecular weight is 265 g/mol. The minimum Gasteiger partial charge on any atom is -0.326 e. The van der Waals surface area contributed by atoms with E-state index in [0.717, 1.165) is 18.7 Å². The first kappa shape index (κ1) is 15.1. The summed E-state index contributed by atoms with van der Waals surface area (Å²) >= 11 is 0. The van der Waals surface area contributed by atoms with Crippen LogP contribution in [0.3, 0.4) is 0 Å². The van der Waals surface area contributed by atoms with Crippen LogP contribution < -0.4 is 5.32 Å². The largest absolute Gasteiger partial charge is 0.326 e. The van der Waals surface area contributed by atoms with E-state index >= 15 is 0 Å². The topological polar surface area (TPSA) is 75.5 Å². The van der Waals surface area contributed by atoms with Gasteiger partial charge in [-0.3, -0.25) is 19.8 Å². The van der Waals surface area contributed by atoms with E-state index in [2.05, 4.69) is 10.2 Å². The molecule has 6 nitrogen and oxygen atoms in total. The van der Waals surface area contributed by atoms with E-state index < -0.39 is 4.92 Å². The van der Waals surface area contributed by atoms with Crippen molar-refractivity contribution < 1.29 is 9.72 Å². The summed E-state index contributed by atoms with van der Waals surface area (Å²) in [7, 11) is 0. The number of nitrogens with zero attached hydrogens (tertiary/aromatic N) is 2. The molecule has 0 heterocycles. The number of non-ortho nitro benzene ring substituents is 1. The minimum absolute atomic E-state index is 0.00611. The predicted molar refractivity (Wildman–Crippen MR) is 74.0 cm³/mol. The summed E-state index contributed by atoms with van der Waals surface area (Å²) in [5.74, 6) is -0.241. The normalized spacial score (nSPS) is 10.5. The van der Waals surface area contributed by atoms with Crippen molar-refractivity contribution in [3.8, 4) is 0 Å². The van der Waals surface area contributed by atoms with Gasteiger partial charge in [0.2, 0.25) is 5.91 Å². The molecule has 0 spiro atoms. The van der Waals surface area contributed by atoms with Gasteiger partial charge in [-0.05, 0) is 24.7 Å². The van der Waals surface area contributed by atoms with Gasteiger partial charge in [0.25, 0.3) is 5.69 Å². The van der Waals surface area contributed by atoms with Crippen molar-refractivity contribution in [2.45, 2.75) is 27.3 Å². The van der Waals surface area contributed by atoms with E-state index in [1.807, 2.05) is 13.8 Å². The van der Waals surface area contributed by atoms with Crippen LogP contribution >= 0.6 is 0 Å². The number of amides is 1. The lowest BCUT2D eigenvalue weighted by molar-refractivity contribution is -0.384. The van der Waals surface area contributed by atoms with Crippen molar-refractivity contribution in [3.05, 3.63) is 33.9 Å². The summed E-state index contributed by atoms with van der Waals surface area (Å²) in [6.07, 6.45) is 0. The van der Waals surface area contributed by atoms with Crippen molar-refractivity contribution >= 4 is 17.3 Å². The van der Waals surface area contributed by atoms with Gasteiger partial charge >= 0.3 is 0 Å². The molecule has 0 aliphatic carbocycles.